The van der Waals surface area contributed by atoms with Crippen LogP contribution in [0.2, 0.25) is 0 Å². The number of amides is 1. The first-order chi connectivity index (χ1) is 12.1. The van der Waals surface area contributed by atoms with Gasteiger partial charge in [-0.2, -0.15) is 0 Å². The molecule has 0 unspecified atom stereocenters. The zero-order valence-corrected chi connectivity index (χ0v) is 15.1. The van der Waals surface area contributed by atoms with E-state index in [9.17, 15) is 4.79 Å². The van der Waals surface area contributed by atoms with Gasteiger partial charge in [-0.1, -0.05) is 60.7 Å². The average Bonchev–Trinajstić information content (AvgIpc) is 3.07. The fraction of sp³-hybridized carbons (Fsp3) is 0.143. The number of aromatic nitrogens is 1. The van der Waals surface area contributed by atoms with Crippen LogP contribution in [-0.2, 0) is 10.3 Å². The maximum Gasteiger partial charge on any atom is 0.245 e. The van der Waals surface area contributed by atoms with Gasteiger partial charge >= 0.3 is 0 Å². The lowest BCUT2D eigenvalue weighted by molar-refractivity contribution is -0.117. The van der Waals surface area contributed by atoms with Gasteiger partial charge in [0.1, 0.15) is 0 Å². The highest BCUT2D eigenvalue weighted by Crippen LogP contribution is 2.29. The van der Waals surface area contributed by atoms with Crippen LogP contribution in [0.3, 0.4) is 0 Å². The van der Waals surface area contributed by atoms with Crippen LogP contribution in [0.5, 0.6) is 0 Å². The Kier molecular flexibility index (Phi) is 5.10. The summed E-state index contributed by atoms with van der Waals surface area (Å²) in [6.45, 7) is 3.97. The average molecular weight is 348 g/mol. The summed E-state index contributed by atoms with van der Waals surface area (Å²) < 4.78 is 0. The summed E-state index contributed by atoms with van der Waals surface area (Å²) in [4.78, 5) is 16.9. The van der Waals surface area contributed by atoms with E-state index in [2.05, 4.69) is 10.3 Å². The maximum atomic E-state index is 12.6. The number of nitrogens with one attached hydrogen (secondary N) is 1. The molecular formula is C21H20N2OS. The van der Waals surface area contributed by atoms with Crippen molar-refractivity contribution in [3.63, 3.8) is 0 Å². The number of carbonyl (C=O) groups excluding carboxylic acids is 1. The van der Waals surface area contributed by atoms with Gasteiger partial charge in [-0.3, -0.25) is 4.79 Å². The zero-order valence-electron chi connectivity index (χ0n) is 14.3. The van der Waals surface area contributed by atoms with Crippen molar-refractivity contribution in [2.45, 2.75) is 19.4 Å². The van der Waals surface area contributed by atoms with Crippen molar-refractivity contribution in [1.82, 2.24) is 10.3 Å². The molecule has 2 aromatic carbocycles. The van der Waals surface area contributed by atoms with Crippen molar-refractivity contribution in [2.24, 2.45) is 0 Å². The van der Waals surface area contributed by atoms with Gasteiger partial charge in [-0.25, -0.2) is 4.98 Å². The number of benzene rings is 2. The van der Waals surface area contributed by atoms with Crippen molar-refractivity contribution >= 4 is 23.3 Å². The summed E-state index contributed by atoms with van der Waals surface area (Å²) in [6, 6.07) is 20.0. The quantitative estimate of drug-likeness (QED) is 0.688. The summed E-state index contributed by atoms with van der Waals surface area (Å²) in [7, 11) is 0. The molecule has 0 aliphatic carbocycles. The van der Waals surface area contributed by atoms with Crippen LogP contribution in [0.1, 0.15) is 28.8 Å². The van der Waals surface area contributed by atoms with E-state index < -0.39 is 5.54 Å². The number of carbonyl (C=O) groups is 1. The highest BCUT2D eigenvalue weighted by Gasteiger charge is 2.29. The molecule has 0 saturated carbocycles. The van der Waals surface area contributed by atoms with Gasteiger partial charge in [0.2, 0.25) is 5.91 Å². The highest BCUT2D eigenvalue weighted by molar-refractivity contribution is 7.09. The Bertz CT molecular complexity index is 830. The number of rotatable bonds is 5. The molecule has 0 radical (unpaired) electrons. The molecule has 0 atom stereocenters. The first-order valence-corrected chi connectivity index (χ1v) is 8.99. The Hall–Kier alpha value is -2.72. The van der Waals surface area contributed by atoms with Gasteiger partial charge in [-0.15, -0.1) is 11.3 Å². The fourth-order valence-corrected chi connectivity index (χ4v) is 3.34. The summed E-state index contributed by atoms with van der Waals surface area (Å²) in [6.07, 6.45) is 3.29. The van der Waals surface area contributed by atoms with Crippen LogP contribution < -0.4 is 5.32 Å². The Labute approximate surface area is 152 Å². The van der Waals surface area contributed by atoms with Crippen LogP contribution in [0.4, 0.5) is 0 Å². The van der Waals surface area contributed by atoms with Crippen LogP contribution in [-0.4, -0.2) is 10.9 Å². The zero-order chi connectivity index (χ0) is 17.7. The molecule has 126 valence electrons. The van der Waals surface area contributed by atoms with Crippen molar-refractivity contribution in [1.29, 1.82) is 0 Å². The van der Waals surface area contributed by atoms with Crippen molar-refractivity contribution < 1.29 is 4.79 Å². The minimum Gasteiger partial charge on any atom is -0.339 e. The van der Waals surface area contributed by atoms with Gasteiger partial charge in [0.25, 0.3) is 0 Å². The van der Waals surface area contributed by atoms with Crippen molar-refractivity contribution in [2.75, 3.05) is 0 Å². The second-order valence-electron chi connectivity index (χ2n) is 5.97. The first kappa shape index (κ1) is 17.1. The molecule has 1 amide bonds. The lowest BCUT2D eigenvalue weighted by Gasteiger charge is -2.31. The normalized spacial score (nSPS) is 11.6. The van der Waals surface area contributed by atoms with Crippen LogP contribution in [0.25, 0.3) is 6.08 Å². The second kappa shape index (κ2) is 7.45. The molecule has 3 aromatic rings. The monoisotopic (exact) mass is 348 g/mol. The summed E-state index contributed by atoms with van der Waals surface area (Å²) in [5.74, 6) is -0.152. The van der Waals surface area contributed by atoms with E-state index in [1.165, 1.54) is 0 Å². The number of aryl methyl sites for hydroxylation is 1. The Balaban J connectivity index is 1.88. The summed E-state index contributed by atoms with van der Waals surface area (Å²) in [5, 5.41) is 6.07. The number of thiazole rings is 1. The third kappa shape index (κ3) is 4.03. The largest absolute Gasteiger partial charge is 0.339 e. The third-order valence-corrected chi connectivity index (χ3v) is 4.91. The number of hydrogen-bond donors (Lipinski definition) is 1. The van der Waals surface area contributed by atoms with Gasteiger partial charge in [-0.05, 0) is 31.1 Å². The summed E-state index contributed by atoms with van der Waals surface area (Å²) >= 11 is 1.57. The van der Waals surface area contributed by atoms with E-state index in [0.717, 1.165) is 21.8 Å². The predicted molar refractivity (Wildman–Crippen MR) is 103 cm³/mol. The molecule has 1 aromatic heterocycles. The Morgan fingerprint density at radius 3 is 2.08 bits per heavy atom. The van der Waals surface area contributed by atoms with Crippen LogP contribution in [0.15, 0.2) is 72.1 Å². The molecular weight excluding hydrogens is 328 g/mol. The molecule has 1 N–H and O–H groups in total. The maximum absolute atomic E-state index is 12.6. The van der Waals surface area contributed by atoms with Gasteiger partial charge in [0.05, 0.1) is 16.2 Å². The van der Waals surface area contributed by atoms with Gasteiger partial charge < -0.3 is 5.32 Å². The van der Waals surface area contributed by atoms with E-state index in [1.54, 1.807) is 23.5 Å². The standard InChI is InChI=1S/C21H20N2OS/c1-16-22-19(15-25-16)13-14-20(24)23-21(2,17-9-5-3-6-10-17)18-11-7-4-8-12-18/h3-15H,1-2H3,(H,23,24)/b14-13+. The smallest absolute Gasteiger partial charge is 0.245 e. The first-order valence-electron chi connectivity index (χ1n) is 8.11. The van der Waals surface area contributed by atoms with E-state index in [0.29, 0.717) is 0 Å². The fourth-order valence-electron chi connectivity index (χ4n) is 2.76. The molecule has 0 aliphatic rings. The number of nitrogens with zero attached hydrogens (tertiary/aromatic N) is 1. The number of hydrogen-bond acceptors (Lipinski definition) is 3. The lowest BCUT2D eigenvalue weighted by Crippen LogP contribution is -2.43. The van der Waals surface area contributed by atoms with E-state index in [4.69, 9.17) is 0 Å². The molecule has 0 spiro atoms. The second-order valence-corrected chi connectivity index (χ2v) is 7.03. The minimum absolute atomic E-state index is 0.152. The van der Waals surface area contributed by atoms with Crippen molar-refractivity contribution in [3.8, 4) is 0 Å². The third-order valence-electron chi connectivity index (χ3n) is 4.12. The Morgan fingerprint density at radius 1 is 1.04 bits per heavy atom. The molecule has 0 saturated heterocycles. The van der Waals surface area contributed by atoms with Crippen LogP contribution >= 0.6 is 11.3 Å². The van der Waals surface area contributed by atoms with Crippen LogP contribution in [0, 0.1) is 6.92 Å². The molecule has 25 heavy (non-hydrogen) atoms. The van der Waals surface area contributed by atoms with E-state index in [1.807, 2.05) is 79.9 Å². The molecule has 3 rings (SSSR count). The van der Waals surface area contributed by atoms with E-state index >= 15 is 0 Å². The minimum atomic E-state index is -0.609. The van der Waals surface area contributed by atoms with Gasteiger partial charge in [0, 0.05) is 11.5 Å². The highest BCUT2D eigenvalue weighted by atomic mass is 32.1. The van der Waals surface area contributed by atoms with Crippen molar-refractivity contribution in [3.05, 3.63) is 93.9 Å². The molecule has 0 bridgehead atoms. The molecule has 3 nitrogen and oxygen atoms in total. The Morgan fingerprint density at radius 2 is 1.60 bits per heavy atom. The molecule has 0 aliphatic heterocycles. The summed E-state index contributed by atoms with van der Waals surface area (Å²) in [5.41, 5.74) is 2.26. The van der Waals surface area contributed by atoms with E-state index in [-0.39, 0.29) is 5.91 Å². The van der Waals surface area contributed by atoms with Gasteiger partial charge in [0.15, 0.2) is 0 Å². The predicted octanol–water partition coefficient (Wildman–Crippen LogP) is 4.54. The molecule has 1 heterocycles. The molecule has 0 fully saturated rings. The molecule has 4 heteroatoms. The SMILES string of the molecule is Cc1nc(/C=C/C(=O)NC(C)(c2ccccc2)c2ccccc2)cs1. The lowest BCUT2D eigenvalue weighted by atomic mass is 9.84. The topological polar surface area (TPSA) is 42.0 Å².